The molecule has 0 unspecified atom stereocenters. The summed E-state index contributed by atoms with van der Waals surface area (Å²) in [7, 11) is 0. The minimum Gasteiger partial charge on any atom is -0.350 e. The van der Waals surface area contributed by atoms with Gasteiger partial charge in [-0.05, 0) is 25.9 Å². The number of nitrogens with one attached hydrogen (secondary N) is 2. The van der Waals surface area contributed by atoms with Gasteiger partial charge in [-0.1, -0.05) is 6.92 Å². The molecular weight excluding hydrogens is 206 g/mol. The summed E-state index contributed by atoms with van der Waals surface area (Å²) in [6, 6.07) is 0.348. The van der Waals surface area contributed by atoms with Crippen LogP contribution in [-0.2, 0) is 0 Å². The predicted octanol–water partition coefficient (Wildman–Crippen LogP) is 0.0611. The average molecular weight is 223 g/mol. The van der Waals surface area contributed by atoms with E-state index in [0.29, 0.717) is 12.0 Å². The van der Waals surface area contributed by atoms with Gasteiger partial charge in [0.1, 0.15) is 6.20 Å². The van der Waals surface area contributed by atoms with Crippen molar-refractivity contribution in [3.8, 4) is 0 Å². The molecule has 1 atom stereocenters. The highest BCUT2D eigenvalue weighted by Gasteiger charge is 2.18. The van der Waals surface area contributed by atoms with E-state index in [2.05, 4.69) is 32.3 Å². The number of hydrogen-bond donors (Lipinski definition) is 2. The highest BCUT2D eigenvalue weighted by molar-refractivity contribution is 5.23. The molecule has 1 saturated heterocycles. The normalized spacial score (nSPS) is 21.9. The second-order valence-corrected chi connectivity index (χ2v) is 4.06. The number of H-pyrrole nitrogens is 1. The molecule has 1 fully saturated rings. The van der Waals surface area contributed by atoms with Gasteiger partial charge >= 0.3 is 0 Å². The molecule has 6 heteroatoms. The molecule has 1 aromatic rings. The molecule has 0 aromatic carbocycles. The van der Waals surface area contributed by atoms with Crippen molar-refractivity contribution in [2.75, 3.05) is 25.0 Å². The number of piperidine rings is 1. The molecule has 0 amide bonds. The number of anilines is 1. The number of nitrogens with zero attached hydrogens (tertiary/aromatic N) is 3. The zero-order valence-corrected chi connectivity index (χ0v) is 9.44. The Labute approximate surface area is 94.1 Å². The van der Waals surface area contributed by atoms with Crippen LogP contribution >= 0.6 is 0 Å². The van der Waals surface area contributed by atoms with Crippen molar-refractivity contribution in [1.82, 2.24) is 20.1 Å². The summed E-state index contributed by atoms with van der Waals surface area (Å²) >= 11 is 0. The number of aromatic amines is 1. The molecule has 88 valence electrons. The third-order valence-corrected chi connectivity index (χ3v) is 2.87. The van der Waals surface area contributed by atoms with Gasteiger partial charge in [0.2, 0.25) is 5.95 Å². The first-order valence-electron chi connectivity index (χ1n) is 5.69. The summed E-state index contributed by atoms with van der Waals surface area (Å²) < 4.78 is 0. The number of rotatable bonds is 3. The molecule has 0 bridgehead atoms. The first-order chi connectivity index (χ1) is 7.78. The minimum absolute atomic E-state index is 0.222. The van der Waals surface area contributed by atoms with Crippen molar-refractivity contribution >= 4 is 5.95 Å². The molecule has 16 heavy (non-hydrogen) atoms. The maximum atomic E-state index is 11.0. The van der Waals surface area contributed by atoms with Gasteiger partial charge in [-0.3, -0.25) is 9.78 Å². The van der Waals surface area contributed by atoms with Crippen LogP contribution in [0.15, 0.2) is 11.0 Å². The Morgan fingerprint density at radius 1 is 1.69 bits per heavy atom. The number of hydrogen-bond acceptors (Lipinski definition) is 5. The fraction of sp³-hybridized carbons (Fsp3) is 0.700. The van der Waals surface area contributed by atoms with Crippen molar-refractivity contribution in [1.29, 1.82) is 0 Å². The van der Waals surface area contributed by atoms with Crippen molar-refractivity contribution in [2.24, 2.45) is 0 Å². The van der Waals surface area contributed by atoms with E-state index in [1.807, 2.05) is 0 Å². The Balaban J connectivity index is 1.96. The molecule has 6 nitrogen and oxygen atoms in total. The summed E-state index contributed by atoms with van der Waals surface area (Å²) in [5, 5.41) is 10.7. The molecule has 2 N–H and O–H groups in total. The van der Waals surface area contributed by atoms with Crippen LogP contribution in [0.5, 0.6) is 0 Å². The van der Waals surface area contributed by atoms with E-state index in [9.17, 15) is 4.79 Å². The topological polar surface area (TPSA) is 73.9 Å². The zero-order chi connectivity index (χ0) is 11.4. The fourth-order valence-electron chi connectivity index (χ4n) is 2.03. The number of likely N-dealkylation sites (N-methyl/N-ethyl adjacent to an activating group) is 1. The largest absolute Gasteiger partial charge is 0.350 e. The van der Waals surface area contributed by atoms with Gasteiger partial charge < -0.3 is 10.2 Å². The summed E-state index contributed by atoms with van der Waals surface area (Å²) in [5.41, 5.74) is -0.222. The third kappa shape index (κ3) is 2.79. The molecule has 1 aliphatic rings. The predicted molar refractivity (Wildman–Crippen MR) is 61.4 cm³/mol. The van der Waals surface area contributed by atoms with E-state index in [1.54, 1.807) is 0 Å². The summed E-state index contributed by atoms with van der Waals surface area (Å²) in [5.74, 6) is 0.468. The standard InChI is InChI=1S/C10H17N5O/c1-2-15-5-3-4-8(7-15)12-10-13-9(16)6-11-14-10/h6,8H,2-5,7H2,1H3,(H2,12,13,14,16)/t8-/m1/s1. The maximum absolute atomic E-state index is 11.0. The van der Waals surface area contributed by atoms with E-state index < -0.39 is 0 Å². The highest BCUT2D eigenvalue weighted by Crippen LogP contribution is 2.12. The van der Waals surface area contributed by atoms with Gasteiger partial charge in [-0.2, -0.15) is 0 Å². The minimum atomic E-state index is -0.222. The second-order valence-electron chi connectivity index (χ2n) is 4.06. The fourth-order valence-corrected chi connectivity index (χ4v) is 2.03. The summed E-state index contributed by atoms with van der Waals surface area (Å²) in [6.07, 6.45) is 3.45. The quantitative estimate of drug-likeness (QED) is 0.758. The number of likely N-dealkylation sites (tertiary alicyclic amines) is 1. The van der Waals surface area contributed by atoms with Crippen LogP contribution in [0, 0.1) is 0 Å². The molecular formula is C10H17N5O. The Morgan fingerprint density at radius 3 is 3.31 bits per heavy atom. The average Bonchev–Trinajstić information content (AvgIpc) is 2.29. The van der Waals surface area contributed by atoms with Crippen LogP contribution in [0.3, 0.4) is 0 Å². The lowest BCUT2D eigenvalue weighted by atomic mass is 10.1. The Morgan fingerprint density at radius 2 is 2.56 bits per heavy atom. The van der Waals surface area contributed by atoms with Crippen LogP contribution in [-0.4, -0.2) is 45.8 Å². The lowest BCUT2D eigenvalue weighted by molar-refractivity contribution is 0.226. The Bertz CT molecular complexity index is 391. The molecule has 2 heterocycles. The monoisotopic (exact) mass is 223 g/mol. The van der Waals surface area contributed by atoms with E-state index >= 15 is 0 Å². The van der Waals surface area contributed by atoms with Crippen molar-refractivity contribution in [2.45, 2.75) is 25.8 Å². The van der Waals surface area contributed by atoms with Crippen LogP contribution in [0.1, 0.15) is 19.8 Å². The molecule has 0 aliphatic carbocycles. The van der Waals surface area contributed by atoms with Crippen LogP contribution < -0.4 is 10.9 Å². The van der Waals surface area contributed by atoms with E-state index in [1.165, 1.54) is 12.6 Å². The smallest absolute Gasteiger partial charge is 0.271 e. The molecule has 1 aliphatic heterocycles. The summed E-state index contributed by atoms with van der Waals surface area (Å²) in [4.78, 5) is 16.1. The van der Waals surface area contributed by atoms with Gasteiger partial charge in [0, 0.05) is 12.6 Å². The second kappa shape index (κ2) is 5.07. The maximum Gasteiger partial charge on any atom is 0.271 e. The lowest BCUT2D eigenvalue weighted by Crippen LogP contribution is -2.42. The van der Waals surface area contributed by atoms with Crippen LogP contribution in [0.25, 0.3) is 0 Å². The van der Waals surface area contributed by atoms with Crippen LogP contribution in [0.4, 0.5) is 5.95 Å². The summed E-state index contributed by atoms with van der Waals surface area (Å²) in [6.45, 7) is 5.38. The van der Waals surface area contributed by atoms with Gasteiger partial charge in [0.15, 0.2) is 0 Å². The van der Waals surface area contributed by atoms with Crippen LogP contribution in [0.2, 0.25) is 0 Å². The van der Waals surface area contributed by atoms with E-state index in [-0.39, 0.29) is 5.56 Å². The lowest BCUT2D eigenvalue weighted by Gasteiger charge is -2.32. The highest BCUT2D eigenvalue weighted by atomic mass is 16.1. The van der Waals surface area contributed by atoms with E-state index in [4.69, 9.17) is 0 Å². The third-order valence-electron chi connectivity index (χ3n) is 2.87. The van der Waals surface area contributed by atoms with Crippen molar-refractivity contribution in [3.63, 3.8) is 0 Å². The Kier molecular flexibility index (Phi) is 3.51. The van der Waals surface area contributed by atoms with Crippen molar-refractivity contribution < 1.29 is 0 Å². The molecule has 0 saturated carbocycles. The Hall–Kier alpha value is -1.43. The molecule has 0 spiro atoms. The molecule has 0 radical (unpaired) electrons. The van der Waals surface area contributed by atoms with E-state index in [0.717, 1.165) is 26.1 Å². The molecule has 2 rings (SSSR count). The van der Waals surface area contributed by atoms with Gasteiger partial charge in [0.05, 0.1) is 0 Å². The van der Waals surface area contributed by atoms with Gasteiger partial charge in [0.25, 0.3) is 5.56 Å². The molecule has 1 aromatic heterocycles. The first kappa shape index (κ1) is 11.1. The van der Waals surface area contributed by atoms with Gasteiger partial charge in [-0.15, -0.1) is 10.2 Å². The van der Waals surface area contributed by atoms with Gasteiger partial charge in [-0.25, -0.2) is 0 Å². The zero-order valence-electron chi connectivity index (χ0n) is 9.44. The first-order valence-corrected chi connectivity index (χ1v) is 5.69. The number of aromatic nitrogens is 3. The SMILES string of the molecule is CCN1CCC[C@@H](Nc2nncc(=O)[nH]2)C1. The van der Waals surface area contributed by atoms with Crippen molar-refractivity contribution in [3.05, 3.63) is 16.6 Å².